The number of benzene rings is 3. The molecule has 3 aromatic rings. The number of nitriles is 1. The lowest BCUT2D eigenvalue weighted by Gasteiger charge is -2.19. The van der Waals surface area contributed by atoms with Gasteiger partial charge in [-0.15, -0.1) is 0 Å². The number of rotatable bonds is 7. The van der Waals surface area contributed by atoms with Gasteiger partial charge in [0.05, 0.1) is 18.8 Å². The summed E-state index contributed by atoms with van der Waals surface area (Å²) < 4.78 is 5.27. The number of carbonyl (C=O) groups excluding carboxylic acids is 1. The summed E-state index contributed by atoms with van der Waals surface area (Å²) in [5, 5.41) is 15.9. The van der Waals surface area contributed by atoms with E-state index in [4.69, 9.17) is 16.3 Å². The summed E-state index contributed by atoms with van der Waals surface area (Å²) >= 11 is 6.03. The van der Waals surface area contributed by atoms with Crippen LogP contribution >= 0.6 is 11.6 Å². The van der Waals surface area contributed by atoms with Crippen molar-refractivity contribution >= 4 is 23.2 Å². The van der Waals surface area contributed by atoms with E-state index in [1.165, 1.54) is 13.3 Å². The number of nitrogens with one attached hydrogen (secondary N) is 2. The predicted octanol–water partition coefficient (Wildman–Crippen LogP) is 5.07. The molecule has 0 aliphatic carbocycles. The Morgan fingerprint density at radius 3 is 2.17 bits per heavy atom. The number of ether oxygens (including phenoxy) is 1. The average Bonchev–Trinajstić information content (AvgIpc) is 2.79. The lowest BCUT2D eigenvalue weighted by atomic mass is 9.98. The van der Waals surface area contributed by atoms with Gasteiger partial charge in [-0.25, -0.2) is 0 Å². The Balaban J connectivity index is 1.85. The Morgan fingerprint density at radius 2 is 1.63 bits per heavy atom. The molecule has 0 radical (unpaired) electrons. The first-order valence-corrected chi connectivity index (χ1v) is 9.61. The molecule has 3 aromatic carbocycles. The van der Waals surface area contributed by atoms with E-state index in [0.717, 1.165) is 11.1 Å². The van der Waals surface area contributed by atoms with Crippen LogP contribution in [0, 0.1) is 11.3 Å². The summed E-state index contributed by atoms with van der Waals surface area (Å²) in [5.41, 5.74) is 2.31. The summed E-state index contributed by atoms with van der Waals surface area (Å²) in [6.07, 6.45) is 1.34. The molecule has 0 bridgehead atoms. The summed E-state index contributed by atoms with van der Waals surface area (Å²) in [4.78, 5) is 12.9. The highest BCUT2D eigenvalue weighted by Crippen LogP contribution is 2.28. The molecule has 0 saturated carbocycles. The van der Waals surface area contributed by atoms with Crippen LogP contribution < -0.4 is 15.4 Å². The van der Waals surface area contributed by atoms with E-state index in [-0.39, 0.29) is 5.57 Å². The van der Waals surface area contributed by atoms with Gasteiger partial charge in [0.15, 0.2) is 0 Å². The van der Waals surface area contributed by atoms with Gasteiger partial charge in [-0.1, -0.05) is 72.3 Å². The number of amides is 1. The highest BCUT2D eigenvalue weighted by Gasteiger charge is 2.19. The molecule has 6 heteroatoms. The molecular weight excluding hydrogens is 398 g/mol. The molecule has 30 heavy (non-hydrogen) atoms. The van der Waals surface area contributed by atoms with Crippen molar-refractivity contribution in [3.05, 3.63) is 107 Å². The maximum atomic E-state index is 12.9. The van der Waals surface area contributed by atoms with Gasteiger partial charge in [0.2, 0.25) is 0 Å². The van der Waals surface area contributed by atoms with Crippen molar-refractivity contribution in [2.24, 2.45) is 0 Å². The molecule has 0 fully saturated rings. The first-order chi connectivity index (χ1) is 14.6. The lowest BCUT2D eigenvalue weighted by molar-refractivity contribution is -0.117. The smallest absolute Gasteiger partial charge is 0.264 e. The van der Waals surface area contributed by atoms with Crippen LogP contribution in [0.2, 0.25) is 5.02 Å². The Kier molecular flexibility index (Phi) is 7.09. The predicted molar refractivity (Wildman–Crippen MR) is 118 cm³/mol. The molecule has 0 spiro atoms. The van der Waals surface area contributed by atoms with Gasteiger partial charge in [-0.3, -0.25) is 4.79 Å². The van der Waals surface area contributed by atoms with Crippen molar-refractivity contribution in [2.75, 3.05) is 12.4 Å². The third-order valence-corrected chi connectivity index (χ3v) is 4.67. The first kappa shape index (κ1) is 21.0. The van der Waals surface area contributed by atoms with Gasteiger partial charge in [-0.05, 0) is 29.3 Å². The molecule has 0 aromatic heterocycles. The molecule has 0 unspecified atom stereocenters. The molecule has 150 valence electrons. The van der Waals surface area contributed by atoms with Gasteiger partial charge in [0.25, 0.3) is 5.91 Å². The maximum absolute atomic E-state index is 12.9. The van der Waals surface area contributed by atoms with Crippen molar-refractivity contribution in [1.29, 1.82) is 5.26 Å². The van der Waals surface area contributed by atoms with E-state index in [9.17, 15) is 10.1 Å². The Hall–Kier alpha value is -3.75. The average molecular weight is 418 g/mol. The van der Waals surface area contributed by atoms with Crippen LogP contribution in [0.1, 0.15) is 17.2 Å². The van der Waals surface area contributed by atoms with Crippen molar-refractivity contribution in [2.45, 2.75) is 6.04 Å². The van der Waals surface area contributed by atoms with Crippen LogP contribution in [0.5, 0.6) is 5.75 Å². The molecular formula is C24H20ClN3O2. The minimum atomic E-state index is -0.497. The summed E-state index contributed by atoms with van der Waals surface area (Å²) in [7, 11) is 1.53. The van der Waals surface area contributed by atoms with E-state index in [0.29, 0.717) is 16.5 Å². The highest BCUT2D eigenvalue weighted by atomic mass is 35.5. The van der Waals surface area contributed by atoms with Crippen LogP contribution in [0.15, 0.2) is 90.6 Å². The molecule has 3 rings (SSSR count). The van der Waals surface area contributed by atoms with Crippen LogP contribution in [-0.2, 0) is 4.79 Å². The molecule has 5 nitrogen and oxygen atoms in total. The fraction of sp³-hybridized carbons (Fsp3) is 0.0833. The fourth-order valence-corrected chi connectivity index (χ4v) is 3.12. The van der Waals surface area contributed by atoms with Crippen LogP contribution in [-0.4, -0.2) is 13.0 Å². The Bertz CT molecular complexity index is 1040. The summed E-state index contributed by atoms with van der Waals surface area (Å²) in [5.74, 6) is 0.0449. The van der Waals surface area contributed by atoms with E-state index in [2.05, 4.69) is 10.6 Å². The largest absolute Gasteiger partial charge is 0.495 e. The number of hydrogen-bond donors (Lipinski definition) is 2. The number of halogens is 1. The van der Waals surface area contributed by atoms with Gasteiger partial charge in [0.1, 0.15) is 17.4 Å². The fourth-order valence-electron chi connectivity index (χ4n) is 2.95. The van der Waals surface area contributed by atoms with Crippen LogP contribution in [0.3, 0.4) is 0 Å². The van der Waals surface area contributed by atoms with Crippen molar-refractivity contribution in [3.8, 4) is 11.8 Å². The minimum absolute atomic E-state index is 0.0751. The normalized spacial score (nSPS) is 10.9. The van der Waals surface area contributed by atoms with Crippen molar-refractivity contribution in [1.82, 2.24) is 5.32 Å². The zero-order valence-corrected chi connectivity index (χ0v) is 17.1. The van der Waals surface area contributed by atoms with E-state index < -0.39 is 11.9 Å². The highest BCUT2D eigenvalue weighted by molar-refractivity contribution is 6.30. The standard InChI is InChI=1S/C24H20ClN3O2/c1-30-22-13-12-20(25)14-21(22)27-16-19(15-26)24(29)28-23(17-8-4-2-5-9-17)18-10-6-3-7-11-18/h2-14,16,23,27H,1H3,(H,28,29)/b19-16-. The van der Waals surface area contributed by atoms with Crippen molar-refractivity contribution in [3.63, 3.8) is 0 Å². The van der Waals surface area contributed by atoms with E-state index >= 15 is 0 Å². The second-order valence-corrected chi connectivity index (χ2v) is 6.82. The number of anilines is 1. The number of hydrogen-bond acceptors (Lipinski definition) is 4. The zero-order chi connectivity index (χ0) is 21.3. The second-order valence-electron chi connectivity index (χ2n) is 6.39. The SMILES string of the molecule is COc1ccc(Cl)cc1N/C=C(/C#N)C(=O)NC(c1ccccc1)c1ccccc1. The second kappa shape index (κ2) is 10.1. The molecule has 0 heterocycles. The molecule has 2 N–H and O–H groups in total. The third kappa shape index (κ3) is 5.19. The van der Waals surface area contributed by atoms with Crippen LogP contribution in [0.4, 0.5) is 5.69 Å². The quantitative estimate of drug-likeness (QED) is 0.415. The summed E-state index contributed by atoms with van der Waals surface area (Å²) in [6.45, 7) is 0. The maximum Gasteiger partial charge on any atom is 0.264 e. The number of carbonyl (C=O) groups is 1. The molecule has 0 saturated heterocycles. The topological polar surface area (TPSA) is 74.1 Å². The molecule has 1 amide bonds. The van der Waals surface area contributed by atoms with E-state index in [1.54, 1.807) is 18.2 Å². The number of methoxy groups -OCH3 is 1. The molecule has 0 aliphatic rings. The number of nitrogens with zero attached hydrogens (tertiary/aromatic N) is 1. The molecule has 0 atom stereocenters. The van der Waals surface area contributed by atoms with Crippen LogP contribution in [0.25, 0.3) is 0 Å². The minimum Gasteiger partial charge on any atom is -0.495 e. The van der Waals surface area contributed by atoms with Gasteiger partial charge in [0, 0.05) is 11.2 Å². The Labute approximate surface area is 180 Å². The van der Waals surface area contributed by atoms with Crippen molar-refractivity contribution < 1.29 is 9.53 Å². The zero-order valence-electron chi connectivity index (χ0n) is 16.3. The summed E-state index contributed by atoms with van der Waals surface area (Å²) in [6, 6.07) is 25.8. The van der Waals surface area contributed by atoms with Gasteiger partial charge in [-0.2, -0.15) is 5.26 Å². The lowest BCUT2D eigenvalue weighted by Crippen LogP contribution is -2.30. The van der Waals surface area contributed by atoms with E-state index in [1.807, 2.05) is 66.7 Å². The third-order valence-electron chi connectivity index (χ3n) is 4.44. The van der Waals surface area contributed by atoms with Gasteiger partial charge >= 0.3 is 0 Å². The Morgan fingerprint density at radius 1 is 1.03 bits per heavy atom. The first-order valence-electron chi connectivity index (χ1n) is 9.23. The monoisotopic (exact) mass is 417 g/mol. The van der Waals surface area contributed by atoms with Gasteiger partial charge < -0.3 is 15.4 Å². The molecule has 0 aliphatic heterocycles.